The molecule has 80 valence electrons. The molecule has 0 atom stereocenters. The quantitative estimate of drug-likeness (QED) is 0.708. The Kier molecular flexibility index (Phi) is 2.89. The lowest BCUT2D eigenvalue weighted by Gasteiger charge is -2.20. The summed E-state index contributed by atoms with van der Waals surface area (Å²) in [7, 11) is 0. The van der Waals surface area contributed by atoms with Gasteiger partial charge in [0, 0.05) is 24.5 Å². The highest BCUT2D eigenvalue weighted by atomic mass is 19.4. The molecule has 1 aliphatic heterocycles. The van der Waals surface area contributed by atoms with E-state index in [0.29, 0.717) is 5.57 Å². The van der Waals surface area contributed by atoms with Gasteiger partial charge in [0.05, 0.1) is 6.54 Å². The van der Waals surface area contributed by atoms with Crippen molar-refractivity contribution in [3.05, 3.63) is 11.8 Å². The molecule has 14 heavy (non-hydrogen) atoms. The molecule has 0 saturated heterocycles. The highest BCUT2D eigenvalue weighted by Crippen LogP contribution is 2.34. The standard InChI is InChI=1S/C7H7F5N2/c8-6(9,7(10,11)12)4-14-3-5-1-13-2-5/h1-2,14H,3-4H2. The van der Waals surface area contributed by atoms with E-state index in [9.17, 15) is 22.0 Å². The Labute approximate surface area is 76.5 Å². The second-order valence-corrected chi connectivity index (χ2v) is 2.79. The second-order valence-electron chi connectivity index (χ2n) is 2.79. The van der Waals surface area contributed by atoms with Crippen LogP contribution in [0.5, 0.6) is 0 Å². The molecule has 0 fully saturated rings. The SMILES string of the molecule is FC(F)(F)C(F)(F)CNCC1=CN=C1. The van der Waals surface area contributed by atoms with E-state index in [-0.39, 0.29) is 6.54 Å². The van der Waals surface area contributed by atoms with Gasteiger partial charge in [0.1, 0.15) is 0 Å². The van der Waals surface area contributed by atoms with E-state index >= 15 is 0 Å². The molecular weight excluding hydrogens is 207 g/mol. The summed E-state index contributed by atoms with van der Waals surface area (Å²) in [5.74, 6) is -4.69. The first-order valence-electron chi connectivity index (χ1n) is 3.70. The second kappa shape index (κ2) is 3.64. The third-order valence-electron chi connectivity index (χ3n) is 1.57. The summed E-state index contributed by atoms with van der Waals surface area (Å²) in [5.41, 5.74) is 0.600. The van der Waals surface area contributed by atoms with Crippen molar-refractivity contribution in [3.8, 4) is 0 Å². The molecule has 0 saturated carbocycles. The number of aliphatic imine (C=N–C) groups is 1. The minimum atomic E-state index is -5.50. The predicted octanol–water partition coefficient (Wildman–Crippen LogP) is 1.74. The van der Waals surface area contributed by atoms with Crippen LogP contribution in [0.25, 0.3) is 0 Å². The minimum Gasteiger partial charge on any atom is -0.307 e. The fourth-order valence-corrected chi connectivity index (χ4v) is 0.735. The van der Waals surface area contributed by atoms with Crippen molar-refractivity contribution in [2.24, 2.45) is 4.99 Å². The number of halogens is 5. The fourth-order valence-electron chi connectivity index (χ4n) is 0.735. The Bertz CT molecular complexity index is 266. The average molecular weight is 214 g/mol. The smallest absolute Gasteiger partial charge is 0.307 e. The van der Waals surface area contributed by atoms with E-state index in [1.165, 1.54) is 12.4 Å². The molecule has 7 heteroatoms. The molecule has 1 N–H and O–H groups in total. The lowest BCUT2D eigenvalue weighted by Crippen LogP contribution is -2.45. The van der Waals surface area contributed by atoms with E-state index < -0.39 is 18.6 Å². The molecular formula is C7H7F5N2. The first kappa shape index (κ1) is 11.1. The highest BCUT2D eigenvalue weighted by molar-refractivity contribution is 5.84. The summed E-state index contributed by atoms with van der Waals surface area (Å²) in [4.78, 5) is 3.53. The summed E-state index contributed by atoms with van der Waals surface area (Å²) >= 11 is 0. The van der Waals surface area contributed by atoms with Crippen LogP contribution in [0.1, 0.15) is 0 Å². The zero-order valence-electron chi connectivity index (χ0n) is 6.91. The van der Waals surface area contributed by atoms with Crippen molar-refractivity contribution in [1.82, 2.24) is 5.32 Å². The Morgan fingerprint density at radius 2 is 1.79 bits per heavy atom. The van der Waals surface area contributed by atoms with Crippen LogP contribution in [-0.4, -0.2) is 31.4 Å². The average Bonchev–Trinajstić information content (AvgIpc) is 1.92. The molecule has 1 aliphatic rings. The third kappa shape index (κ3) is 2.50. The van der Waals surface area contributed by atoms with Gasteiger partial charge in [-0.15, -0.1) is 0 Å². The monoisotopic (exact) mass is 214 g/mol. The topological polar surface area (TPSA) is 24.4 Å². The van der Waals surface area contributed by atoms with Crippen molar-refractivity contribution < 1.29 is 22.0 Å². The summed E-state index contributed by atoms with van der Waals surface area (Å²) < 4.78 is 59.4. The van der Waals surface area contributed by atoms with Gasteiger partial charge in [-0.3, -0.25) is 4.99 Å². The molecule has 1 rings (SSSR count). The van der Waals surface area contributed by atoms with Crippen LogP contribution in [0, 0.1) is 0 Å². The number of hydrogen-bond acceptors (Lipinski definition) is 2. The van der Waals surface area contributed by atoms with Crippen molar-refractivity contribution in [2.75, 3.05) is 13.1 Å². The summed E-state index contributed by atoms with van der Waals surface area (Å²) in [5, 5.41) is 2.00. The number of alkyl halides is 5. The van der Waals surface area contributed by atoms with E-state index in [1.807, 2.05) is 5.32 Å². The van der Waals surface area contributed by atoms with Crippen LogP contribution >= 0.6 is 0 Å². The van der Waals surface area contributed by atoms with Crippen LogP contribution in [0.4, 0.5) is 22.0 Å². The van der Waals surface area contributed by atoms with Gasteiger partial charge in [-0.2, -0.15) is 22.0 Å². The van der Waals surface area contributed by atoms with Gasteiger partial charge in [-0.25, -0.2) is 0 Å². The Morgan fingerprint density at radius 3 is 2.14 bits per heavy atom. The maximum absolute atomic E-state index is 12.3. The summed E-state index contributed by atoms with van der Waals surface area (Å²) in [6, 6.07) is 0. The predicted molar refractivity (Wildman–Crippen MR) is 40.4 cm³/mol. The largest absolute Gasteiger partial charge is 0.454 e. The lowest BCUT2D eigenvalue weighted by atomic mass is 10.2. The minimum absolute atomic E-state index is 0.0326. The molecule has 0 aliphatic carbocycles. The maximum Gasteiger partial charge on any atom is 0.454 e. The Balaban J connectivity index is 2.29. The van der Waals surface area contributed by atoms with E-state index in [1.54, 1.807) is 0 Å². The van der Waals surface area contributed by atoms with Crippen molar-refractivity contribution in [3.63, 3.8) is 0 Å². The van der Waals surface area contributed by atoms with Crippen LogP contribution in [-0.2, 0) is 0 Å². The van der Waals surface area contributed by atoms with Gasteiger partial charge in [0.25, 0.3) is 0 Å². The molecule has 0 aromatic heterocycles. The van der Waals surface area contributed by atoms with Crippen LogP contribution in [0.2, 0.25) is 0 Å². The first-order valence-corrected chi connectivity index (χ1v) is 3.70. The van der Waals surface area contributed by atoms with Gasteiger partial charge in [-0.05, 0) is 0 Å². The van der Waals surface area contributed by atoms with Gasteiger partial charge >= 0.3 is 12.1 Å². The van der Waals surface area contributed by atoms with Crippen LogP contribution in [0.3, 0.4) is 0 Å². The molecule has 0 unspecified atom stereocenters. The van der Waals surface area contributed by atoms with Crippen molar-refractivity contribution >= 4 is 6.21 Å². The van der Waals surface area contributed by atoms with E-state index in [4.69, 9.17) is 0 Å². The van der Waals surface area contributed by atoms with Gasteiger partial charge in [0.2, 0.25) is 0 Å². The Morgan fingerprint density at radius 1 is 1.21 bits per heavy atom. The summed E-state index contributed by atoms with van der Waals surface area (Å²) in [6.07, 6.45) is -2.72. The van der Waals surface area contributed by atoms with Crippen LogP contribution < -0.4 is 5.32 Å². The molecule has 2 nitrogen and oxygen atoms in total. The molecule has 0 spiro atoms. The molecule has 0 radical (unpaired) electrons. The third-order valence-corrected chi connectivity index (χ3v) is 1.57. The number of hydrogen-bond donors (Lipinski definition) is 1. The first-order chi connectivity index (χ1) is 6.33. The number of rotatable bonds is 4. The number of nitrogens with zero attached hydrogens (tertiary/aromatic N) is 1. The van der Waals surface area contributed by atoms with Gasteiger partial charge in [-0.1, -0.05) is 0 Å². The number of nitrogens with one attached hydrogen (secondary N) is 1. The normalized spacial score (nSPS) is 16.5. The molecule has 0 aromatic rings. The fraction of sp³-hybridized carbons (Fsp3) is 0.571. The van der Waals surface area contributed by atoms with Crippen molar-refractivity contribution in [2.45, 2.75) is 12.1 Å². The summed E-state index contributed by atoms with van der Waals surface area (Å²) in [6.45, 7) is -1.45. The maximum atomic E-state index is 12.3. The lowest BCUT2D eigenvalue weighted by molar-refractivity contribution is -0.279. The highest BCUT2D eigenvalue weighted by Gasteiger charge is 2.56. The zero-order chi connectivity index (χ0) is 10.8. The van der Waals surface area contributed by atoms with E-state index in [2.05, 4.69) is 4.99 Å². The van der Waals surface area contributed by atoms with Crippen molar-refractivity contribution in [1.29, 1.82) is 0 Å². The van der Waals surface area contributed by atoms with Gasteiger partial charge < -0.3 is 5.32 Å². The van der Waals surface area contributed by atoms with Gasteiger partial charge in [0.15, 0.2) is 0 Å². The molecule has 0 bridgehead atoms. The van der Waals surface area contributed by atoms with E-state index in [0.717, 1.165) is 0 Å². The molecule has 1 heterocycles. The Hall–Kier alpha value is -0.980. The van der Waals surface area contributed by atoms with Crippen LogP contribution in [0.15, 0.2) is 16.8 Å². The molecule has 0 aromatic carbocycles. The molecule has 0 amide bonds. The zero-order valence-corrected chi connectivity index (χ0v) is 6.91.